The van der Waals surface area contributed by atoms with Gasteiger partial charge in [-0.2, -0.15) is 0 Å². The molecule has 3 heteroatoms. The van der Waals surface area contributed by atoms with Crippen molar-refractivity contribution in [1.29, 1.82) is 0 Å². The third-order valence-electron chi connectivity index (χ3n) is 2.63. The minimum absolute atomic E-state index is 0.174. The molecule has 1 aliphatic carbocycles. The molecule has 0 spiro atoms. The van der Waals surface area contributed by atoms with Crippen LogP contribution in [0.4, 0.5) is 5.69 Å². The normalized spacial score (nSPS) is 11.0. The van der Waals surface area contributed by atoms with Gasteiger partial charge in [0.05, 0.1) is 11.3 Å². The molecular weight excluding hydrogens is 202 g/mol. The van der Waals surface area contributed by atoms with Gasteiger partial charge in [-0.1, -0.05) is 18.2 Å². The number of fused-ring (bicyclic) bond motifs is 2. The zero-order valence-electron chi connectivity index (χ0n) is 8.44. The Kier molecular flexibility index (Phi) is 1.74. The summed E-state index contributed by atoms with van der Waals surface area (Å²) in [6, 6.07) is 12.7. The molecule has 0 unspecified atom stereocenters. The highest BCUT2D eigenvalue weighted by Gasteiger charge is 2.11. The Morgan fingerprint density at radius 2 is 1.88 bits per heavy atom. The van der Waals surface area contributed by atoms with Gasteiger partial charge in [0.15, 0.2) is 0 Å². The summed E-state index contributed by atoms with van der Waals surface area (Å²) in [5.74, 6) is 0.568. The fourth-order valence-electron chi connectivity index (χ4n) is 1.79. The molecule has 1 aliphatic heterocycles. The van der Waals surface area contributed by atoms with Crippen molar-refractivity contribution in [3.05, 3.63) is 52.7 Å². The minimum atomic E-state index is -0.174. The smallest absolute Gasteiger partial charge is 0.212 e. The molecule has 3 nitrogen and oxygen atoms in total. The minimum Gasteiger partial charge on any atom is -0.456 e. The van der Waals surface area contributed by atoms with E-state index >= 15 is 0 Å². The van der Waals surface area contributed by atoms with Crippen LogP contribution in [0, 0.1) is 0 Å². The number of para-hydroxylation sites is 1. The van der Waals surface area contributed by atoms with E-state index in [9.17, 15) is 4.79 Å². The van der Waals surface area contributed by atoms with E-state index in [1.165, 1.54) is 0 Å². The monoisotopic (exact) mass is 211 g/mol. The number of rotatable bonds is 0. The molecule has 16 heavy (non-hydrogen) atoms. The first-order valence-corrected chi connectivity index (χ1v) is 4.97. The second-order valence-electron chi connectivity index (χ2n) is 3.68. The zero-order valence-corrected chi connectivity index (χ0v) is 8.44. The molecule has 2 aliphatic rings. The van der Waals surface area contributed by atoms with Crippen LogP contribution >= 0.6 is 0 Å². The molecule has 0 radical (unpaired) electrons. The molecule has 1 aromatic rings. The van der Waals surface area contributed by atoms with E-state index in [2.05, 4.69) is 0 Å². The molecule has 0 bridgehead atoms. The lowest BCUT2D eigenvalue weighted by atomic mass is 10.1. The van der Waals surface area contributed by atoms with Crippen molar-refractivity contribution in [2.45, 2.75) is 0 Å². The number of benzene rings is 2. The van der Waals surface area contributed by atoms with Crippen molar-refractivity contribution >= 4 is 16.7 Å². The van der Waals surface area contributed by atoms with Crippen LogP contribution in [0.25, 0.3) is 22.3 Å². The Balaban J connectivity index is 2.53. The van der Waals surface area contributed by atoms with Crippen molar-refractivity contribution in [1.82, 2.24) is 0 Å². The highest BCUT2D eigenvalue weighted by atomic mass is 16.3. The fourth-order valence-corrected chi connectivity index (χ4v) is 1.79. The highest BCUT2D eigenvalue weighted by molar-refractivity contribution is 5.83. The second kappa shape index (κ2) is 3.10. The van der Waals surface area contributed by atoms with Gasteiger partial charge in [-0.15, -0.1) is 0 Å². The van der Waals surface area contributed by atoms with E-state index in [0.717, 1.165) is 11.0 Å². The molecule has 3 rings (SSSR count). The topological polar surface area (TPSA) is 56.2 Å². The van der Waals surface area contributed by atoms with Crippen molar-refractivity contribution in [3.63, 3.8) is 0 Å². The molecule has 1 aromatic carbocycles. The molecule has 0 saturated heterocycles. The number of hydrogen-bond acceptors (Lipinski definition) is 3. The largest absolute Gasteiger partial charge is 0.456 e. The average Bonchev–Trinajstić information content (AvgIpc) is 2.32. The van der Waals surface area contributed by atoms with E-state index in [4.69, 9.17) is 10.2 Å². The van der Waals surface area contributed by atoms with Crippen LogP contribution in [0.3, 0.4) is 0 Å². The zero-order chi connectivity index (χ0) is 11.1. The molecule has 0 aromatic heterocycles. The summed E-state index contributed by atoms with van der Waals surface area (Å²) in [7, 11) is 0. The third kappa shape index (κ3) is 1.18. The molecule has 0 atom stereocenters. The van der Waals surface area contributed by atoms with Crippen LogP contribution in [0.15, 0.2) is 51.7 Å². The van der Waals surface area contributed by atoms with E-state index in [-0.39, 0.29) is 11.1 Å². The maximum absolute atomic E-state index is 11.8. The van der Waals surface area contributed by atoms with Crippen LogP contribution < -0.4 is 11.2 Å². The predicted molar refractivity (Wildman–Crippen MR) is 63.5 cm³/mol. The summed E-state index contributed by atoms with van der Waals surface area (Å²) in [6.45, 7) is 0. The fraction of sp³-hybridized carbons (Fsp3) is 0. The van der Waals surface area contributed by atoms with E-state index < -0.39 is 0 Å². The Morgan fingerprint density at radius 3 is 2.75 bits per heavy atom. The molecule has 0 fully saturated rings. The first-order valence-electron chi connectivity index (χ1n) is 4.97. The molecule has 2 N–H and O–H groups in total. The summed E-state index contributed by atoms with van der Waals surface area (Å²) in [6.07, 6.45) is 0. The second-order valence-corrected chi connectivity index (χ2v) is 3.68. The molecular formula is C13H9NO2. The Labute approximate surface area is 91.5 Å². The lowest BCUT2D eigenvalue weighted by molar-refractivity contribution is 0.619. The summed E-state index contributed by atoms with van der Waals surface area (Å²) in [5.41, 5.74) is 6.94. The number of nitrogen functional groups attached to an aromatic ring is 1. The SMILES string of the molecule is Nc1ccc2oc3ccccc3cc-2c1=O. The van der Waals surface area contributed by atoms with Gasteiger partial charge in [0, 0.05) is 5.39 Å². The van der Waals surface area contributed by atoms with E-state index in [0.29, 0.717) is 11.3 Å². The van der Waals surface area contributed by atoms with Gasteiger partial charge in [0.2, 0.25) is 5.43 Å². The number of anilines is 1. The predicted octanol–water partition coefficient (Wildman–Crippen LogP) is 2.48. The Bertz CT molecular complexity index is 700. The van der Waals surface area contributed by atoms with E-state index in [1.54, 1.807) is 12.1 Å². The summed E-state index contributed by atoms with van der Waals surface area (Å²) < 4.78 is 5.63. The third-order valence-corrected chi connectivity index (χ3v) is 2.63. The van der Waals surface area contributed by atoms with Crippen LogP contribution in [0.1, 0.15) is 0 Å². The first-order chi connectivity index (χ1) is 7.75. The van der Waals surface area contributed by atoms with Crippen LogP contribution in [-0.2, 0) is 0 Å². The number of hydrogen-bond donors (Lipinski definition) is 1. The van der Waals surface area contributed by atoms with Gasteiger partial charge in [-0.25, -0.2) is 0 Å². The maximum atomic E-state index is 11.8. The maximum Gasteiger partial charge on any atom is 0.212 e. The van der Waals surface area contributed by atoms with Gasteiger partial charge in [0.1, 0.15) is 11.3 Å². The standard InChI is InChI=1S/C13H9NO2/c14-10-5-6-12-9(13(10)15)7-8-3-1-2-4-11(8)16-12/h1-7H,14H2. The lowest BCUT2D eigenvalue weighted by Gasteiger charge is -2.06. The average molecular weight is 211 g/mol. The summed E-state index contributed by atoms with van der Waals surface area (Å²) >= 11 is 0. The van der Waals surface area contributed by atoms with Crippen molar-refractivity contribution in [3.8, 4) is 11.3 Å². The highest BCUT2D eigenvalue weighted by Crippen LogP contribution is 2.26. The molecule has 0 amide bonds. The van der Waals surface area contributed by atoms with Crippen molar-refractivity contribution < 1.29 is 4.42 Å². The summed E-state index contributed by atoms with van der Waals surface area (Å²) in [5, 5.41) is 0.901. The van der Waals surface area contributed by atoms with Crippen molar-refractivity contribution in [2.24, 2.45) is 0 Å². The van der Waals surface area contributed by atoms with Crippen LogP contribution in [-0.4, -0.2) is 0 Å². The quantitative estimate of drug-likeness (QED) is 0.459. The van der Waals surface area contributed by atoms with Crippen LogP contribution in [0.2, 0.25) is 0 Å². The molecule has 1 heterocycles. The van der Waals surface area contributed by atoms with Gasteiger partial charge in [-0.3, -0.25) is 4.79 Å². The first kappa shape index (κ1) is 8.97. The Morgan fingerprint density at radius 1 is 1.06 bits per heavy atom. The molecule has 0 saturated carbocycles. The van der Waals surface area contributed by atoms with E-state index in [1.807, 2.05) is 30.3 Å². The van der Waals surface area contributed by atoms with Gasteiger partial charge >= 0.3 is 0 Å². The summed E-state index contributed by atoms with van der Waals surface area (Å²) in [4.78, 5) is 11.8. The molecule has 78 valence electrons. The van der Waals surface area contributed by atoms with Crippen LogP contribution in [0.5, 0.6) is 0 Å². The van der Waals surface area contributed by atoms with Gasteiger partial charge in [0.25, 0.3) is 0 Å². The van der Waals surface area contributed by atoms with Gasteiger partial charge in [-0.05, 0) is 24.3 Å². The Hall–Kier alpha value is -2.29. The lowest BCUT2D eigenvalue weighted by Crippen LogP contribution is -2.10. The number of nitrogens with two attached hydrogens (primary N) is 1. The van der Waals surface area contributed by atoms with Crippen molar-refractivity contribution in [2.75, 3.05) is 5.73 Å². The van der Waals surface area contributed by atoms with Gasteiger partial charge < -0.3 is 10.2 Å².